The van der Waals surface area contributed by atoms with Crippen molar-refractivity contribution in [2.75, 3.05) is 7.11 Å². The maximum absolute atomic E-state index is 10.3. The van der Waals surface area contributed by atoms with Crippen molar-refractivity contribution in [1.82, 2.24) is 0 Å². The molecule has 0 unspecified atom stereocenters. The minimum absolute atomic E-state index is 0.0102. The molecule has 0 aliphatic heterocycles. The maximum Gasteiger partial charge on any atom is 0.123 e. The summed E-state index contributed by atoms with van der Waals surface area (Å²) >= 11 is 0. The second-order valence-corrected chi connectivity index (χ2v) is 5.26. The van der Waals surface area contributed by atoms with Crippen LogP contribution in [0.15, 0.2) is 54.6 Å². The number of rotatable bonds is 5. The lowest BCUT2D eigenvalue weighted by atomic mass is 9.92. The number of aliphatic hydroxyl groups is 1. The summed E-state index contributed by atoms with van der Waals surface area (Å²) in [5.74, 6) is 0.214. The van der Waals surface area contributed by atoms with E-state index in [4.69, 9.17) is 9.78 Å². The molecule has 0 bridgehead atoms. The molecule has 0 aromatic heterocycles. The molecule has 0 spiro atoms. The minimum atomic E-state index is 0.0102. The van der Waals surface area contributed by atoms with Gasteiger partial charge in [0.05, 0.1) is 13.7 Å². The summed E-state index contributed by atoms with van der Waals surface area (Å²) in [4.78, 5) is 9.79. The van der Waals surface area contributed by atoms with Crippen LogP contribution in [-0.4, -0.2) is 17.3 Å². The van der Waals surface area contributed by atoms with Crippen LogP contribution in [0.1, 0.15) is 11.1 Å². The number of phenolic OH excluding ortho intramolecular Hbond substituents is 1. The fourth-order valence-corrected chi connectivity index (χ4v) is 2.77. The van der Waals surface area contributed by atoms with E-state index in [1.165, 1.54) is 7.11 Å². The van der Waals surface area contributed by atoms with Crippen LogP contribution in [0.4, 0.5) is 0 Å². The predicted molar refractivity (Wildman–Crippen MR) is 88.8 cm³/mol. The van der Waals surface area contributed by atoms with Gasteiger partial charge in [0.2, 0.25) is 0 Å². The lowest BCUT2D eigenvalue weighted by molar-refractivity contribution is -0.282. The van der Waals surface area contributed by atoms with E-state index >= 15 is 0 Å². The number of hydrogen-bond acceptors (Lipinski definition) is 4. The zero-order valence-electron chi connectivity index (χ0n) is 12.8. The Bertz CT molecular complexity index is 809. The Balaban J connectivity index is 2.23. The Kier molecular flexibility index (Phi) is 4.57. The van der Waals surface area contributed by atoms with Gasteiger partial charge in [0, 0.05) is 5.39 Å². The van der Waals surface area contributed by atoms with E-state index in [1.807, 2.05) is 48.5 Å². The van der Waals surface area contributed by atoms with Gasteiger partial charge in [-0.1, -0.05) is 48.5 Å². The zero-order valence-corrected chi connectivity index (χ0v) is 12.8. The topological polar surface area (TPSA) is 58.9 Å². The van der Waals surface area contributed by atoms with E-state index in [2.05, 4.69) is 0 Å². The van der Waals surface area contributed by atoms with E-state index in [0.29, 0.717) is 0 Å². The standard InChI is InChI=1S/C19H18O4/c1-22-23-12-15-10-18(21)16-4-2-3-5-17(16)19(15)14-8-6-13(11-20)7-9-14/h2-10,20-21H,11-12H2,1H3. The fraction of sp³-hybridized carbons (Fsp3) is 0.158. The molecule has 4 heteroatoms. The highest BCUT2D eigenvalue weighted by Crippen LogP contribution is 2.37. The Labute approximate surface area is 134 Å². The van der Waals surface area contributed by atoms with E-state index in [1.54, 1.807) is 6.07 Å². The first-order valence-electron chi connectivity index (χ1n) is 7.34. The first-order valence-corrected chi connectivity index (χ1v) is 7.34. The van der Waals surface area contributed by atoms with Gasteiger partial charge in [-0.25, -0.2) is 9.78 Å². The molecule has 0 aliphatic rings. The van der Waals surface area contributed by atoms with E-state index in [-0.39, 0.29) is 19.0 Å². The Morgan fingerprint density at radius 1 is 0.957 bits per heavy atom. The van der Waals surface area contributed by atoms with Crippen molar-refractivity contribution in [2.24, 2.45) is 0 Å². The van der Waals surface area contributed by atoms with Crippen molar-refractivity contribution >= 4 is 10.8 Å². The summed E-state index contributed by atoms with van der Waals surface area (Å²) in [6.07, 6.45) is 0. The number of hydrogen-bond donors (Lipinski definition) is 2. The van der Waals surface area contributed by atoms with Crippen LogP contribution in [-0.2, 0) is 23.0 Å². The molecule has 3 aromatic rings. The average Bonchev–Trinajstić information content (AvgIpc) is 2.60. The second kappa shape index (κ2) is 6.79. The smallest absolute Gasteiger partial charge is 0.123 e. The van der Waals surface area contributed by atoms with Gasteiger partial charge >= 0.3 is 0 Å². The molecular formula is C19H18O4. The number of fused-ring (bicyclic) bond motifs is 1. The van der Waals surface area contributed by atoms with Crippen molar-refractivity contribution in [3.05, 3.63) is 65.7 Å². The molecule has 23 heavy (non-hydrogen) atoms. The largest absolute Gasteiger partial charge is 0.507 e. The molecule has 3 aromatic carbocycles. The molecule has 2 N–H and O–H groups in total. The van der Waals surface area contributed by atoms with Gasteiger partial charge in [-0.15, -0.1) is 0 Å². The maximum atomic E-state index is 10.3. The third-order valence-corrected chi connectivity index (χ3v) is 3.86. The van der Waals surface area contributed by atoms with Crippen LogP contribution in [0.5, 0.6) is 5.75 Å². The summed E-state index contributed by atoms with van der Waals surface area (Å²) in [5, 5.41) is 21.2. The molecule has 3 rings (SSSR count). The summed E-state index contributed by atoms with van der Waals surface area (Å²) < 4.78 is 0. The summed E-state index contributed by atoms with van der Waals surface area (Å²) in [5.41, 5.74) is 3.67. The summed E-state index contributed by atoms with van der Waals surface area (Å²) in [6, 6.07) is 17.1. The highest BCUT2D eigenvalue weighted by Gasteiger charge is 2.14. The van der Waals surface area contributed by atoms with Crippen LogP contribution < -0.4 is 0 Å². The molecule has 0 heterocycles. The van der Waals surface area contributed by atoms with Gasteiger partial charge in [0.1, 0.15) is 12.4 Å². The number of aromatic hydroxyl groups is 1. The molecule has 0 amide bonds. The molecule has 0 aliphatic carbocycles. The predicted octanol–water partition coefficient (Wildman–Crippen LogP) is 3.78. The third-order valence-electron chi connectivity index (χ3n) is 3.86. The van der Waals surface area contributed by atoms with Crippen LogP contribution in [0.2, 0.25) is 0 Å². The molecule has 0 saturated heterocycles. The van der Waals surface area contributed by atoms with Gasteiger partial charge < -0.3 is 10.2 Å². The lowest BCUT2D eigenvalue weighted by Gasteiger charge is -2.15. The van der Waals surface area contributed by atoms with Crippen LogP contribution in [0, 0.1) is 0 Å². The van der Waals surface area contributed by atoms with E-state index < -0.39 is 0 Å². The minimum Gasteiger partial charge on any atom is -0.507 e. The van der Waals surface area contributed by atoms with E-state index in [0.717, 1.165) is 33.0 Å². The first-order chi connectivity index (χ1) is 11.2. The molecule has 4 nitrogen and oxygen atoms in total. The molecule has 118 valence electrons. The quantitative estimate of drug-likeness (QED) is 0.556. The highest BCUT2D eigenvalue weighted by molar-refractivity contribution is 6.01. The molecule has 0 saturated carbocycles. The van der Waals surface area contributed by atoms with Crippen molar-refractivity contribution in [1.29, 1.82) is 0 Å². The fourth-order valence-electron chi connectivity index (χ4n) is 2.77. The van der Waals surface area contributed by atoms with Gasteiger partial charge in [-0.3, -0.25) is 0 Å². The highest BCUT2D eigenvalue weighted by atomic mass is 17.2. The molecule has 0 atom stereocenters. The Morgan fingerprint density at radius 2 is 1.65 bits per heavy atom. The lowest BCUT2D eigenvalue weighted by Crippen LogP contribution is -1.96. The second-order valence-electron chi connectivity index (χ2n) is 5.26. The van der Waals surface area contributed by atoms with E-state index in [9.17, 15) is 10.2 Å². The zero-order chi connectivity index (χ0) is 16.2. The molecular weight excluding hydrogens is 292 g/mol. The summed E-state index contributed by atoms with van der Waals surface area (Å²) in [7, 11) is 1.45. The molecule has 0 fully saturated rings. The SMILES string of the molecule is COOCc1cc(O)c2ccccc2c1-c1ccc(CO)cc1. The van der Waals surface area contributed by atoms with Crippen molar-refractivity contribution in [3.8, 4) is 16.9 Å². The van der Waals surface area contributed by atoms with Gasteiger partial charge in [0.25, 0.3) is 0 Å². The van der Waals surface area contributed by atoms with Crippen molar-refractivity contribution < 1.29 is 20.0 Å². The molecule has 0 radical (unpaired) electrons. The third kappa shape index (κ3) is 3.05. The normalized spacial score (nSPS) is 11.0. The monoisotopic (exact) mass is 310 g/mol. The van der Waals surface area contributed by atoms with Crippen LogP contribution in [0.25, 0.3) is 21.9 Å². The van der Waals surface area contributed by atoms with Crippen molar-refractivity contribution in [3.63, 3.8) is 0 Å². The number of benzene rings is 3. The number of phenols is 1. The Hall–Kier alpha value is -2.40. The van der Waals surface area contributed by atoms with Crippen LogP contribution >= 0.6 is 0 Å². The number of aliphatic hydroxyl groups excluding tert-OH is 1. The summed E-state index contributed by atoms with van der Waals surface area (Å²) in [6.45, 7) is 0.238. The van der Waals surface area contributed by atoms with Gasteiger partial charge in [0.15, 0.2) is 0 Å². The first kappa shape index (κ1) is 15.5. The van der Waals surface area contributed by atoms with Crippen molar-refractivity contribution in [2.45, 2.75) is 13.2 Å². The average molecular weight is 310 g/mol. The van der Waals surface area contributed by atoms with Gasteiger partial charge in [-0.2, -0.15) is 0 Å². The van der Waals surface area contributed by atoms with Gasteiger partial charge in [-0.05, 0) is 33.7 Å². The van der Waals surface area contributed by atoms with Crippen LogP contribution in [0.3, 0.4) is 0 Å². The Morgan fingerprint density at radius 3 is 2.30 bits per heavy atom.